The Morgan fingerprint density at radius 1 is 1.00 bits per heavy atom. The Kier molecular flexibility index (Phi) is 13.9. The van der Waals surface area contributed by atoms with E-state index in [0.717, 1.165) is 29.7 Å². The van der Waals surface area contributed by atoms with Crippen LogP contribution >= 0.6 is 7.82 Å². The summed E-state index contributed by atoms with van der Waals surface area (Å²) in [5.74, 6) is 6.65. The number of rotatable bonds is 16. The molecule has 0 aliphatic carbocycles. The Bertz CT molecular complexity index is 2090. The van der Waals surface area contributed by atoms with E-state index in [0.29, 0.717) is 47.9 Å². The maximum atomic E-state index is 14.0. The van der Waals surface area contributed by atoms with Crippen molar-refractivity contribution in [3.63, 3.8) is 0 Å². The number of hydrogen-bond acceptors (Lipinski definition) is 7. The van der Waals surface area contributed by atoms with Gasteiger partial charge in [-0.1, -0.05) is 42.3 Å². The lowest BCUT2D eigenvalue weighted by molar-refractivity contribution is -0.688. The number of imidazole rings is 1. The molecule has 0 saturated heterocycles. The van der Waals surface area contributed by atoms with Gasteiger partial charge < -0.3 is 34.6 Å². The van der Waals surface area contributed by atoms with E-state index in [1.807, 2.05) is 68.1 Å². The number of nitrogens with zero attached hydrogens (tertiary/aromatic N) is 3. The number of aromatic nitrogens is 3. The molecule has 2 heterocycles. The number of benzene rings is 3. The summed E-state index contributed by atoms with van der Waals surface area (Å²) in [6, 6.07) is 25.6. The molecular formula is C41H47FN4O7P+. The van der Waals surface area contributed by atoms with E-state index in [4.69, 9.17) is 9.72 Å². The molecule has 3 aromatic carbocycles. The van der Waals surface area contributed by atoms with Gasteiger partial charge in [0.2, 0.25) is 0 Å². The maximum absolute atomic E-state index is 14.0. The standard InChI is InChI=1S/C41H46FN4O7P/c1-41(2,3)43-27-36(48)33-14-15-34(37(26-33)52-29-53-54(49,50)51)28-45-23-20-32(21-24-45)40-39(31-16-18-35(42)19-17-31)44-38(13-7-8-25-47)46(40)22-9-12-30-10-5-4-6-11-30/h4-6,10-11,14-21,23-24,26,36,43,47-48H,8-9,12,22,25,27-29H2,1-3H3,(H-,49,50,51)/p+1. The van der Waals surface area contributed by atoms with Crippen molar-refractivity contribution in [3.05, 3.63) is 126 Å². The van der Waals surface area contributed by atoms with E-state index in [9.17, 15) is 29.0 Å². The first-order chi connectivity index (χ1) is 25.8. The smallest absolute Gasteiger partial charge is 0.466 e. The number of β-amino-alcohol motifs (C(OH)–C–C–N with tert-alkyl or cyclic N) is 1. The molecule has 0 bridgehead atoms. The van der Waals surface area contributed by atoms with Crippen LogP contribution < -0.4 is 14.6 Å². The maximum Gasteiger partial charge on any atom is 0.472 e. The predicted octanol–water partition coefficient (Wildman–Crippen LogP) is 5.93. The molecule has 54 heavy (non-hydrogen) atoms. The minimum atomic E-state index is -4.78. The fourth-order valence-electron chi connectivity index (χ4n) is 5.79. The molecule has 5 N–H and O–H groups in total. The van der Waals surface area contributed by atoms with Crippen molar-refractivity contribution in [3.8, 4) is 40.1 Å². The van der Waals surface area contributed by atoms with Crippen LogP contribution in [0.2, 0.25) is 0 Å². The van der Waals surface area contributed by atoms with Crippen LogP contribution in [0.15, 0.2) is 97.3 Å². The van der Waals surface area contributed by atoms with E-state index in [-0.39, 0.29) is 24.5 Å². The van der Waals surface area contributed by atoms with Crippen molar-refractivity contribution in [2.45, 2.75) is 64.8 Å². The Labute approximate surface area is 315 Å². The first kappa shape index (κ1) is 40.5. The van der Waals surface area contributed by atoms with Gasteiger partial charge in [0.1, 0.15) is 11.6 Å². The number of hydrogen-bond donors (Lipinski definition) is 5. The van der Waals surface area contributed by atoms with Crippen LogP contribution in [-0.4, -0.2) is 55.0 Å². The molecular weight excluding hydrogens is 710 g/mol. The summed E-state index contributed by atoms with van der Waals surface area (Å²) in [5.41, 5.74) is 5.29. The Morgan fingerprint density at radius 3 is 2.39 bits per heavy atom. The van der Waals surface area contributed by atoms with Gasteiger partial charge in [0.05, 0.1) is 29.7 Å². The van der Waals surface area contributed by atoms with Crippen LogP contribution in [-0.2, 0) is 28.6 Å². The zero-order chi connectivity index (χ0) is 38.7. The van der Waals surface area contributed by atoms with Crippen molar-refractivity contribution in [2.75, 3.05) is 19.9 Å². The highest BCUT2D eigenvalue weighted by Gasteiger charge is 2.22. The molecule has 11 nitrogen and oxygen atoms in total. The first-order valence-corrected chi connectivity index (χ1v) is 19.2. The van der Waals surface area contributed by atoms with Gasteiger partial charge in [0.15, 0.2) is 31.6 Å². The number of aliphatic hydroxyl groups excluding tert-OH is 2. The third-order valence-electron chi connectivity index (χ3n) is 8.47. The quantitative estimate of drug-likeness (QED) is 0.0358. The van der Waals surface area contributed by atoms with Gasteiger partial charge in [0, 0.05) is 48.3 Å². The minimum Gasteiger partial charge on any atom is -0.466 e. The van der Waals surface area contributed by atoms with Crippen LogP contribution in [0.4, 0.5) is 4.39 Å². The highest BCUT2D eigenvalue weighted by atomic mass is 31.2. The van der Waals surface area contributed by atoms with Crippen LogP contribution in [0.5, 0.6) is 5.75 Å². The van der Waals surface area contributed by atoms with Crippen molar-refractivity contribution in [1.82, 2.24) is 14.9 Å². The summed E-state index contributed by atoms with van der Waals surface area (Å²) in [4.78, 5) is 23.4. The normalized spacial score (nSPS) is 12.3. The van der Waals surface area contributed by atoms with Crippen molar-refractivity contribution in [1.29, 1.82) is 0 Å². The second-order valence-electron chi connectivity index (χ2n) is 13.8. The Morgan fingerprint density at radius 2 is 1.72 bits per heavy atom. The molecule has 0 spiro atoms. The highest BCUT2D eigenvalue weighted by Crippen LogP contribution is 2.36. The molecule has 2 aromatic heterocycles. The largest absolute Gasteiger partial charge is 0.472 e. The lowest BCUT2D eigenvalue weighted by Gasteiger charge is -2.23. The van der Waals surface area contributed by atoms with E-state index < -0.39 is 20.7 Å². The predicted molar refractivity (Wildman–Crippen MR) is 203 cm³/mol. The summed E-state index contributed by atoms with van der Waals surface area (Å²) in [7, 11) is -4.78. The molecule has 0 saturated carbocycles. The van der Waals surface area contributed by atoms with Crippen LogP contribution in [0, 0.1) is 17.7 Å². The number of aliphatic hydroxyl groups is 2. The summed E-state index contributed by atoms with van der Waals surface area (Å²) >= 11 is 0. The average molecular weight is 758 g/mol. The fourth-order valence-corrected chi connectivity index (χ4v) is 5.98. The van der Waals surface area contributed by atoms with Gasteiger partial charge in [-0.3, -0.25) is 0 Å². The average Bonchev–Trinajstić information content (AvgIpc) is 3.49. The van der Waals surface area contributed by atoms with Gasteiger partial charge in [-0.2, -0.15) is 0 Å². The van der Waals surface area contributed by atoms with Gasteiger partial charge in [-0.05, 0) is 87.1 Å². The lowest BCUT2D eigenvalue weighted by atomic mass is 10.0. The number of aryl methyl sites for hydroxylation is 1. The number of ether oxygens (including phenoxy) is 1. The van der Waals surface area contributed by atoms with Crippen LogP contribution in [0.25, 0.3) is 22.5 Å². The van der Waals surface area contributed by atoms with Crippen molar-refractivity contribution in [2.24, 2.45) is 0 Å². The zero-order valence-electron chi connectivity index (χ0n) is 30.7. The molecule has 5 aromatic rings. The molecule has 284 valence electrons. The number of halogens is 1. The molecule has 0 fully saturated rings. The van der Waals surface area contributed by atoms with E-state index >= 15 is 0 Å². The number of phosphoric ester groups is 1. The molecule has 0 aliphatic heterocycles. The van der Waals surface area contributed by atoms with Crippen molar-refractivity contribution < 1.29 is 42.8 Å². The topological polar surface area (TPSA) is 150 Å². The molecule has 1 atom stereocenters. The molecule has 13 heteroatoms. The van der Waals surface area contributed by atoms with Crippen molar-refractivity contribution >= 4 is 7.82 Å². The van der Waals surface area contributed by atoms with Crippen LogP contribution in [0.3, 0.4) is 0 Å². The van der Waals surface area contributed by atoms with Gasteiger partial charge in [-0.25, -0.2) is 23.0 Å². The SMILES string of the molecule is CC(C)(C)NCC(O)c1ccc(C[n+]2ccc(-c3c(-c4ccc(F)cc4)nc(C#CCCO)n3CCCc3ccccc3)cc2)c(OCOP(=O)(O)O)c1. The van der Waals surface area contributed by atoms with E-state index in [1.165, 1.54) is 17.7 Å². The fraction of sp³-hybridized carbons (Fsp3) is 0.317. The van der Waals surface area contributed by atoms with Gasteiger partial charge in [-0.15, -0.1) is 0 Å². The van der Waals surface area contributed by atoms with Gasteiger partial charge in [0.25, 0.3) is 0 Å². The van der Waals surface area contributed by atoms with E-state index in [1.54, 1.807) is 30.3 Å². The number of phosphoric acid groups is 1. The second-order valence-corrected chi connectivity index (χ2v) is 15.0. The summed E-state index contributed by atoms with van der Waals surface area (Å²) in [6.45, 7) is 6.44. The van der Waals surface area contributed by atoms with E-state index in [2.05, 4.69) is 38.4 Å². The number of nitrogens with one attached hydrogen (secondary N) is 1. The molecule has 0 radical (unpaired) electrons. The monoisotopic (exact) mass is 757 g/mol. The van der Waals surface area contributed by atoms with Gasteiger partial charge >= 0.3 is 7.82 Å². The third kappa shape index (κ3) is 11.9. The zero-order valence-corrected chi connectivity index (χ0v) is 31.5. The molecule has 0 aliphatic rings. The van der Waals surface area contributed by atoms with Crippen LogP contribution in [0.1, 0.15) is 62.2 Å². The summed E-state index contributed by atoms with van der Waals surface area (Å²) < 4.78 is 39.6. The summed E-state index contributed by atoms with van der Waals surface area (Å²) in [6.07, 6.45) is 4.89. The highest BCUT2D eigenvalue weighted by molar-refractivity contribution is 7.46. The second kappa shape index (κ2) is 18.6. The number of pyridine rings is 1. The Hall–Kier alpha value is -4.70. The molecule has 0 amide bonds. The minimum absolute atomic E-state index is 0.0702. The summed E-state index contributed by atoms with van der Waals surface area (Å²) in [5, 5.41) is 23.5. The lowest BCUT2D eigenvalue weighted by Crippen LogP contribution is -2.38. The first-order valence-electron chi connectivity index (χ1n) is 17.7. The molecule has 1 unspecified atom stereocenters. The third-order valence-corrected chi connectivity index (χ3v) is 8.91. The molecule has 5 rings (SSSR count). The Balaban J connectivity index is 1.48.